The van der Waals surface area contributed by atoms with Gasteiger partial charge < -0.3 is 13.9 Å². The number of rotatable bonds is 8. The van der Waals surface area contributed by atoms with Gasteiger partial charge >= 0.3 is 0 Å². The maximum atomic E-state index is 13.7. The van der Waals surface area contributed by atoms with Gasteiger partial charge in [-0.25, -0.2) is 9.37 Å². The molecule has 0 unspecified atom stereocenters. The summed E-state index contributed by atoms with van der Waals surface area (Å²) < 4.78 is 21.5. The van der Waals surface area contributed by atoms with Crippen molar-refractivity contribution in [2.24, 2.45) is 5.92 Å². The molecule has 0 atom stereocenters. The maximum Gasteiger partial charge on any atom is 0.289 e. The van der Waals surface area contributed by atoms with Crippen molar-refractivity contribution >= 4 is 16.9 Å². The molecule has 0 bridgehead atoms. The van der Waals surface area contributed by atoms with E-state index in [0.717, 1.165) is 42.1 Å². The van der Waals surface area contributed by atoms with Gasteiger partial charge in [-0.3, -0.25) is 4.79 Å². The fourth-order valence-electron chi connectivity index (χ4n) is 3.42. The van der Waals surface area contributed by atoms with Gasteiger partial charge in [-0.15, -0.1) is 0 Å². The van der Waals surface area contributed by atoms with E-state index in [1.165, 1.54) is 12.1 Å². The standard InChI is InChI=1S/C23H30FN3O2/c1-6-10-27-20-8-7-18(24)13-19(20)25-22(27)14-26(11-9-15(2)3)23(28)21-12-16(4)17(5)29-21/h7-8,12-13,15H,6,9-11,14H2,1-5H3. The first-order valence-electron chi connectivity index (χ1n) is 10.3. The lowest BCUT2D eigenvalue weighted by Gasteiger charge is -2.23. The Hall–Kier alpha value is -2.63. The number of aromatic nitrogens is 2. The van der Waals surface area contributed by atoms with E-state index in [1.54, 1.807) is 17.0 Å². The highest BCUT2D eigenvalue weighted by Crippen LogP contribution is 2.22. The van der Waals surface area contributed by atoms with Crippen LogP contribution in [-0.2, 0) is 13.1 Å². The van der Waals surface area contributed by atoms with Crippen LogP contribution in [0.3, 0.4) is 0 Å². The number of benzene rings is 1. The van der Waals surface area contributed by atoms with Crippen molar-refractivity contribution < 1.29 is 13.6 Å². The van der Waals surface area contributed by atoms with Crippen LogP contribution in [0.15, 0.2) is 28.7 Å². The highest BCUT2D eigenvalue weighted by Gasteiger charge is 2.23. The third kappa shape index (κ3) is 4.69. The van der Waals surface area contributed by atoms with Gasteiger partial charge in [0.25, 0.3) is 5.91 Å². The first-order chi connectivity index (χ1) is 13.8. The normalized spacial score (nSPS) is 11.6. The van der Waals surface area contributed by atoms with Crippen LogP contribution in [0.4, 0.5) is 4.39 Å². The predicted molar refractivity (Wildman–Crippen MR) is 112 cm³/mol. The van der Waals surface area contributed by atoms with Gasteiger partial charge in [-0.1, -0.05) is 20.8 Å². The van der Waals surface area contributed by atoms with Crippen molar-refractivity contribution in [3.63, 3.8) is 0 Å². The number of amides is 1. The number of imidazole rings is 1. The van der Waals surface area contributed by atoms with Crippen LogP contribution in [0.2, 0.25) is 0 Å². The Labute approximate surface area is 171 Å². The summed E-state index contributed by atoms with van der Waals surface area (Å²) in [5, 5.41) is 0. The average molecular weight is 400 g/mol. The molecule has 0 aliphatic carbocycles. The Balaban J connectivity index is 1.96. The highest BCUT2D eigenvalue weighted by molar-refractivity contribution is 5.91. The molecule has 0 radical (unpaired) electrons. The molecule has 0 saturated carbocycles. The SMILES string of the molecule is CCCn1c(CN(CCC(C)C)C(=O)c2cc(C)c(C)o2)nc2cc(F)ccc21. The molecular weight excluding hydrogens is 369 g/mol. The number of halogens is 1. The molecule has 0 N–H and O–H groups in total. The fourth-order valence-corrected chi connectivity index (χ4v) is 3.42. The van der Waals surface area contributed by atoms with Crippen molar-refractivity contribution in [3.8, 4) is 0 Å². The molecule has 0 aliphatic rings. The smallest absolute Gasteiger partial charge is 0.289 e. The molecule has 3 aromatic rings. The molecule has 29 heavy (non-hydrogen) atoms. The molecule has 2 heterocycles. The molecular formula is C23H30FN3O2. The molecule has 3 rings (SSSR count). The van der Waals surface area contributed by atoms with E-state index in [1.807, 2.05) is 13.8 Å². The minimum atomic E-state index is -0.306. The molecule has 1 amide bonds. The minimum Gasteiger partial charge on any atom is -0.456 e. The van der Waals surface area contributed by atoms with Crippen molar-refractivity contribution in [2.75, 3.05) is 6.54 Å². The largest absolute Gasteiger partial charge is 0.456 e. The average Bonchev–Trinajstić information content (AvgIpc) is 3.17. The summed E-state index contributed by atoms with van der Waals surface area (Å²) in [4.78, 5) is 19.7. The van der Waals surface area contributed by atoms with Crippen LogP contribution in [0.25, 0.3) is 11.0 Å². The van der Waals surface area contributed by atoms with E-state index in [9.17, 15) is 9.18 Å². The number of furan rings is 1. The van der Waals surface area contributed by atoms with Gasteiger partial charge in [0.1, 0.15) is 17.4 Å². The Bertz CT molecular complexity index is 984. The zero-order valence-corrected chi connectivity index (χ0v) is 18.0. The molecule has 0 aliphatic heterocycles. The molecule has 0 fully saturated rings. The third-order valence-corrected chi connectivity index (χ3v) is 5.21. The van der Waals surface area contributed by atoms with Crippen LogP contribution >= 0.6 is 0 Å². The van der Waals surface area contributed by atoms with Crippen LogP contribution in [0.1, 0.15) is 61.3 Å². The molecule has 0 saturated heterocycles. The Kier molecular flexibility index (Phi) is 6.40. The first kappa shape index (κ1) is 21.1. The van der Waals surface area contributed by atoms with E-state index < -0.39 is 0 Å². The molecule has 0 spiro atoms. The van der Waals surface area contributed by atoms with Gasteiger partial charge in [-0.05, 0) is 56.4 Å². The number of hydrogen-bond acceptors (Lipinski definition) is 3. The summed E-state index contributed by atoms with van der Waals surface area (Å²) in [7, 11) is 0. The second-order valence-corrected chi connectivity index (χ2v) is 8.07. The van der Waals surface area contributed by atoms with Gasteiger partial charge in [-0.2, -0.15) is 0 Å². The number of aryl methyl sites for hydroxylation is 3. The van der Waals surface area contributed by atoms with E-state index in [2.05, 4.69) is 30.3 Å². The summed E-state index contributed by atoms with van der Waals surface area (Å²) in [6.45, 7) is 11.9. The quantitative estimate of drug-likeness (QED) is 0.504. The summed E-state index contributed by atoms with van der Waals surface area (Å²) in [6, 6.07) is 6.46. The van der Waals surface area contributed by atoms with Crippen LogP contribution in [0.5, 0.6) is 0 Å². The van der Waals surface area contributed by atoms with Gasteiger partial charge in [0.05, 0.1) is 17.6 Å². The van der Waals surface area contributed by atoms with Gasteiger partial charge in [0.15, 0.2) is 5.76 Å². The lowest BCUT2D eigenvalue weighted by atomic mass is 10.1. The van der Waals surface area contributed by atoms with Crippen molar-refractivity contribution in [2.45, 2.75) is 60.5 Å². The lowest BCUT2D eigenvalue weighted by molar-refractivity contribution is 0.0695. The number of fused-ring (bicyclic) bond motifs is 1. The third-order valence-electron chi connectivity index (χ3n) is 5.21. The number of hydrogen-bond donors (Lipinski definition) is 0. The molecule has 2 aromatic heterocycles. The monoisotopic (exact) mass is 399 g/mol. The van der Waals surface area contributed by atoms with E-state index in [0.29, 0.717) is 30.3 Å². The zero-order valence-electron chi connectivity index (χ0n) is 18.0. The van der Waals surface area contributed by atoms with Crippen LogP contribution in [-0.4, -0.2) is 26.9 Å². The Morgan fingerprint density at radius 1 is 1.28 bits per heavy atom. The number of carbonyl (C=O) groups excluding carboxylic acids is 1. The Morgan fingerprint density at radius 2 is 2.03 bits per heavy atom. The molecule has 1 aromatic carbocycles. The van der Waals surface area contributed by atoms with Crippen LogP contribution in [0, 0.1) is 25.6 Å². The van der Waals surface area contributed by atoms with E-state index in [4.69, 9.17) is 4.42 Å². The van der Waals surface area contributed by atoms with Crippen molar-refractivity contribution in [1.29, 1.82) is 0 Å². The summed E-state index contributed by atoms with van der Waals surface area (Å²) in [6.07, 6.45) is 1.80. The van der Waals surface area contributed by atoms with Crippen molar-refractivity contribution in [1.82, 2.24) is 14.5 Å². The molecule has 6 heteroatoms. The van der Waals surface area contributed by atoms with Crippen molar-refractivity contribution in [3.05, 3.63) is 53.0 Å². The number of nitrogens with zero attached hydrogens (tertiary/aromatic N) is 3. The zero-order chi connectivity index (χ0) is 21.1. The second kappa shape index (κ2) is 8.80. The Morgan fingerprint density at radius 3 is 2.66 bits per heavy atom. The summed E-state index contributed by atoms with van der Waals surface area (Å²) >= 11 is 0. The van der Waals surface area contributed by atoms with E-state index >= 15 is 0 Å². The fraction of sp³-hybridized carbons (Fsp3) is 0.478. The van der Waals surface area contributed by atoms with Gasteiger partial charge in [0, 0.05) is 19.2 Å². The highest BCUT2D eigenvalue weighted by atomic mass is 19.1. The number of carbonyl (C=O) groups is 1. The first-order valence-corrected chi connectivity index (χ1v) is 10.3. The minimum absolute atomic E-state index is 0.136. The van der Waals surface area contributed by atoms with Gasteiger partial charge in [0.2, 0.25) is 0 Å². The lowest BCUT2D eigenvalue weighted by Crippen LogP contribution is -2.33. The maximum absolute atomic E-state index is 13.7. The predicted octanol–water partition coefficient (Wildman–Crippen LogP) is 5.48. The van der Waals surface area contributed by atoms with Crippen LogP contribution < -0.4 is 0 Å². The second-order valence-electron chi connectivity index (χ2n) is 8.07. The molecule has 5 nitrogen and oxygen atoms in total. The summed E-state index contributed by atoms with van der Waals surface area (Å²) in [5.74, 6) is 1.90. The topological polar surface area (TPSA) is 51.3 Å². The molecule has 156 valence electrons. The summed E-state index contributed by atoms with van der Waals surface area (Å²) in [5.41, 5.74) is 2.48. The van der Waals surface area contributed by atoms with E-state index in [-0.39, 0.29) is 11.7 Å².